The molecule has 0 radical (unpaired) electrons. The van der Waals surface area contributed by atoms with E-state index < -0.39 is 0 Å². The van der Waals surface area contributed by atoms with Gasteiger partial charge in [-0.1, -0.05) is 30.7 Å². The van der Waals surface area contributed by atoms with Crippen LogP contribution in [0.15, 0.2) is 28.8 Å². The lowest BCUT2D eigenvalue weighted by atomic mass is 9.84. The van der Waals surface area contributed by atoms with E-state index in [2.05, 4.69) is 43.3 Å². The molecule has 1 heterocycles. The zero-order chi connectivity index (χ0) is 9.26. The molecule has 0 fully saturated rings. The third-order valence-electron chi connectivity index (χ3n) is 3.10. The van der Waals surface area contributed by atoms with Crippen molar-refractivity contribution in [2.24, 2.45) is 16.8 Å². The number of rotatable bonds is 0. The van der Waals surface area contributed by atoms with E-state index in [1.165, 1.54) is 5.57 Å². The Kier molecular flexibility index (Phi) is 2.34. The van der Waals surface area contributed by atoms with E-state index >= 15 is 0 Å². The van der Waals surface area contributed by atoms with E-state index in [9.17, 15) is 0 Å². The molecule has 2 aliphatic rings. The smallest absolute Gasteiger partial charge is 0.0715 e. The first-order valence-electron chi connectivity index (χ1n) is 5.13. The van der Waals surface area contributed by atoms with Crippen molar-refractivity contribution in [2.45, 2.75) is 32.7 Å². The van der Waals surface area contributed by atoms with Crippen LogP contribution in [0.1, 0.15) is 26.7 Å². The van der Waals surface area contributed by atoms with Crippen LogP contribution < -0.4 is 0 Å². The summed E-state index contributed by atoms with van der Waals surface area (Å²) >= 11 is 0. The normalized spacial score (nSPS) is 38.0. The highest BCUT2D eigenvalue weighted by Gasteiger charge is 2.26. The first kappa shape index (κ1) is 8.74. The van der Waals surface area contributed by atoms with E-state index in [1.807, 2.05) is 0 Å². The molecule has 0 N–H and O–H groups in total. The predicted molar refractivity (Wildman–Crippen MR) is 57.1 cm³/mol. The summed E-state index contributed by atoms with van der Waals surface area (Å²) in [5.41, 5.74) is 1.46. The van der Waals surface area contributed by atoms with E-state index in [-0.39, 0.29) is 0 Å². The van der Waals surface area contributed by atoms with Crippen LogP contribution >= 0.6 is 0 Å². The molecule has 13 heavy (non-hydrogen) atoms. The molecule has 1 aliphatic heterocycles. The van der Waals surface area contributed by atoms with Gasteiger partial charge in [-0.15, -0.1) is 0 Å². The van der Waals surface area contributed by atoms with Crippen LogP contribution in [0.25, 0.3) is 0 Å². The summed E-state index contributed by atoms with van der Waals surface area (Å²) in [6.45, 7) is 4.50. The van der Waals surface area contributed by atoms with Gasteiger partial charge in [0, 0.05) is 0 Å². The Bertz CT molecular complexity index is 273. The third kappa shape index (κ3) is 1.74. The summed E-state index contributed by atoms with van der Waals surface area (Å²) in [7, 11) is 0. The molecule has 0 bridgehead atoms. The lowest BCUT2D eigenvalue weighted by Gasteiger charge is -2.22. The molecule has 2 rings (SSSR count). The van der Waals surface area contributed by atoms with Gasteiger partial charge in [0.1, 0.15) is 0 Å². The van der Waals surface area contributed by atoms with Gasteiger partial charge in [-0.25, -0.2) is 0 Å². The number of hydrogen-bond donors (Lipinski definition) is 0. The maximum absolute atomic E-state index is 4.52. The Morgan fingerprint density at radius 2 is 2.31 bits per heavy atom. The first-order valence-corrected chi connectivity index (χ1v) is 5.13. The van der Waals surface area contributed by atoms with Crippen molar-refractivity contribution in [3.63, 3.8) is 0 Å². The zero-order valence-corrected chi connectivity index (χ0v) is 8.40. The van der Waals surface area contributed by atoms with E-state index in [1.54, 1.807) is 0 Å². The van der Waals surface area contributed by atoms with E-state index in [4.69, 9.17) is 0 Å². The average Bonchev–Trinajstić information content (AvgIpc) is 2.49. The Labute approximate surface area is 80.3 Å². The maximum atomic E-state index is 4.52. The third-order valence-corrected chi connectivity index (χ3v) is 3.10. The van der Waals surface area contributed by atoms with Gasteiger partial charge in [0.25, 0.3) is 0 Å². The van der Waals surface area contributed by atoms with Crippen LogP contribution in [0, 0.1) is 11.8 Å². The van der Waals surface area contributed by atoms with Gasteiger partial charge >= 0.3 is 0 Å². The first-order chi connectivity index (χ1) is 6.27. The lowest BCUT2D eigenvalue weighted by molar-refractivity contribution is 0.416. The minimum atomic E-state index is 0.458. The van der Waals surface area contributed by atoms with Crippen molar-refractivity contribution in [1.29, 1.82) is 0 Å². The fraction of sp³-hybridized carbons (Fsp3) is 0.583. The summed E-state index contributed by atoms with van der Waals surface area (Å²) in [6.07, 6.45) is 11.3. The van der Waals surface area contributed by atoms with Gasteiger partial charge < -0.3 is 0 Å². The molecule has 0 amide bonds. The molecule has 1 nitrogen and oxygen atoms in total. The van der Waals surface area contributed by atoms with Crippen LogP contribution in [0.4, 0.5) is 0 Å². The molecule has 0 aromatic heterocycles. The SMILES string of the molecule is CC1=CC2N=CCC2C(C)C=CC1. The molecule has 0 spiro atoms. The maximum Gasteiger partial charge on any atom is 0.0715 e. The second-order valence-corrected chi connectivity index (χ2v) is 4.23. The Morgan fingerprint density at radius 3 is 3.15 bits per heavy atom. The van der Waals surface area contributed by atoms with Crippen molar-refractivity contribution in [2.75, 3.05) is 0 Å². The zero-order valence-electron chi connectivity index (χ0n) is 8.40. The molecule has 70 valence electrons. The molecular weight excluding hydrogens is 158 g/mol. The minimum Gasteiger partial charge on any atom is -0.290 e. The fourth-order valence-electron chi connectivity index (χ4n) is 2.22. The van der Waals surface area contributed by atoms with Crippen molar-refractivity contribution >= 4 is 6.21 Å². The molecule has 0 saturated carbocycles. The van der Waals surface area contributed by atoms with Crippen LogP contribution in [0.2, 0.25) is 0 Å². The van der Waals surface area contributed by atoms with Gasteiger partial charge in [-0.3, -0.25) is 4.99 Å². The van der Waals surface area contributed by atoms with Crippen molar-refractivity contribution in [3.8, 4) is 0 Å². The quantitative estimate of drug-likeness (QED) is 0.502. The number of aliphatic imine (C=N–C) groups is 1. The molecule has 0 aromatic rings. The number of fused-ring (bicyclic) bond motifs is 1. The second-order valence-electron chi connectivity index (χ2n) is 4.23. The molecule has 0 aromatic carbocycles. The molecule has 1 heteroatoms. The highest BCUT2D eigenvalue weighted by atomic mass is 14.8. The topological polar surface area (TPSA) is 12.4 Å². The molecule has 0 saturated heterocycles. The van der Waals surface area contributed by atoms with E-state index in [0.29, 0.717) is 17.9 Å². The summed E-state index contributed by atoms with van der Waals surface area (Å²) in [5, 5.41) is 0. The van der Waals surface area contributed by atoms with Crippen LogP contribution in [-0.4, -0.2) is 12.3 Å². The standard InChI is InChI=1S/C12H17N/c1-9-4-3-5-10(2)11-6-7-13-12(11)8-9/h3,5,7-8,10-12H,4,6H2,1-2H3. The minimum absolute atomic E-state index is 0.458. The monoisotopic (exact) mass is 175 g/mol. The lowest BCUT2D eigenvalue weighted by Crippen LogP contribution is -2.19. The van der Waals surface area contributed by atoms with Gasteiger partial charge in [0.05, 0.1) is 6.04 Å². The summed E-state index contributed by atoms with van der Waals surface area (Å²) < 4.78 is 0. The second kappa shape index (κ2) is 3.49. The van der Waals surface area contributed by atoms with Gasteiger partial charge in [0.2, 0.25) is 0 Å². The number of allylic oxidation sites excluding steroid dienone is 3. The fourth-order valence-corrected chi connectivity index (χ4v) is 2.22. The number of hydrogen-bond acceptors (Lipinski definition) is 1. The van der Waals surface area contributed by atoms with Crippen LogP contribution in [-0.2, 0) is 0 Å². The van der Waals surface area contributed by atoms with E-state index in [0.717, 1.165) is 12.8 Å². The number of nitrogens with zero attached hydrogens (tertiary/aromatic N) is 1. The van der Waals surface area contributed by atoms with Crippen molar-refractivity contribution < 1.29 is 0 Å². The van der Waals surface area contributed by atoms with Gasteiger partial charge in [0.15, 0.2) is 0 Å². The van der Waals surface area contributed by atoms with Crippen LogP contribution in [0.3, 0.4) is 0 Å². The van der Waals surface area contributed by atoms with Crippen molar-refractivity contribution in [3.05, 3.63) is 23.8 Å². The molecular formula is C12H17N. The van der Waals surface area contributed by atoms with Crippen molar-refractivity contribution in [1.82, 2.24) is 0 Å². The Balaban J connectivity index is 2.23. The Morgan fingerprint density at radius 1 is 1.46 bits per heavy atom. The summed E-state index contributed by atoms with van der Waals surface area (Å²) in [4.78, 5) is 4.52. The highest BCUT2D eigenvalue weighted by Crippen LogP contribution is 2.30. The summed E-state index contributed by atoms with van der Waals surface area (Å²) in [6, 6.07) is 0.458. The highest BCUT2D eigenvalue weighted by molar-refractivity contribution is 5.61. The largest absolute Gasteiger partial charge is 0.290 e. The molecule has 3 unspecified atom stereocenters. The Hall–Kier alpha value is -0.850. The predicted octanol–water partition coefficient (Wildman–Crippen LogP) is 2.99. The molecule has 1 aliphatic carbocycles. The molecule has 3 atom stereocenters. The van der Waals surface area contributed by atoms with Crippen LogP contribution in [0.5, 0.6) is 0 Å². The summed E-state index contributed by atoms with van der Waals surface area (Å²) in [5.74, 6) is 1.39. The van der Waals surface area contributed by atoms with Gasteiger partial charge in [-0.05, 0) is 37.8 Å². The average molecular weight is 175 g/mol. The van der Waals surface area contributed by atoms with Gasteiger partial charge in [-0.2, -0.15) is 0 Å².